The molecule has 5 nitrogen and oxygen atoms in total. The highest BCUT2D eigenvalue weighted by Gasteiger charge is 2.35. The summed E-state index contributed by atoms with van der Waals surface area (Å²) < 4.78 is 11.6. The van der Waals surface area contributed by atoms with Crippen molar-refractivity contribution in [3.8, 4) is 11.5 Å². The third-order valence-corrected chi connectivity index (χ3v) is 6.48. The van der Waals surface area contributed by atoms with Gasteiger partial charge in [0.25, 0.3) is 0 Å². The quantitative estimate of drug-likeness (QED) is 0.542. The minimum atomic E-state index is -0.169. The van der Waals surface area contributed by atoms with E-state index in [0.29, 0.717) is 6.61 Å². The number of anilines is 1. The van der Waals surface area contributed by atoms with Crippen molar-refractivity contribution in [2.24, 2.45) is 0 Å². The number of amides is 1. The predicted octanol–water partition coefficient (Wildman–Crippen LogP) is 4.96. The highest BCUT2D eigenvalue weighted by molar-refractivity contribution is 8.00. The lowest BCUT2D eigenvalue weighted by molar-refractivity contribution is -0.116. The molecule has 0 N–H and O–H groups in total. The average Bonchev–Trinajstić information content (AvgIpc) is 3.13. The molecule has 1 aliphatic heterocycles. The molecular weight excluding hydrogens is 384 g/mol. The standard InChI is InChI=1S/C23H30N2O3S/c1-5-24(6-2)14-9-15-28-21-13-12-18(27-4)16-19(21)23-25(17(3)26)20-10-7-8-11-22(20)29-23/h7-8,10-13,16,23H,5-6,9,14-15H2,1-4H3. The van der Waals surface area contributed by atoms with Crippen molar-refractivity contribution in [3.05, 3.63) is 48.0 Å². The smallest absolute Gasteiger partial charge is 0.225 e. The summed E-state index contributed by atoms with van der Waals surface area (Å²) in [6, 6.07) is 13.9. The van der Waals surface area contributed by atoms with E-state index in [1.807, 2.05) is 41.3 Å². The normalized spacial score (nSPS) is 15.5. The number of rotatable bonds is 9. The molecule has 1 unspecified atom stereocenters. The van der Waals surface area contributed by atoms with Crippen LogP contribution >= 0.6 is 11.8 Å². The maximum Gasteiger partial charge on any atom is 0.225 e. The number of carbonyl (C=O) groups excluding carboxylic acids is 1. The summed E-state index contributed by atoms with van der Waals surface area (Å²) in [6.45, 7) is 9.72. The molecule has 0 saturated carbocycles. The lowest BCUT2D eigenvalue weighted by Crippen LogP contribution is -2.28. The van der Waals surface area contributed by atoms with Crippen molar-refractivity contribution in [2.75, 3.05) is 38.3 Å². The zero-order chi connectivity index (χ0) is 20.8. The molecule has 6 heteroatoms. The van der Waals surface area contributed by atoms with E-state index in [-0.39, 0.29) is 11.3 Å². The molecule has 0 aromatic heterocycles. The van der Waals surface area contributed by atoms with Gasteiger partial charge >= 0.3 is 0 Å². The van der Waals surface area contributed by atoms with E-state index >= 15 is 0 Å². The van der Waals surface area contributed by atoms with Gasteiger partial charge in [0.15, 0.2) is 0 Å². The van der Waals surface area contributed by atoms with Crippen LogP contribution in [-0.4, -0.2) is 44.2 Å². The van der Waals surface area contributed by atoms with Crippen molar-refractivity contribution in [1.29, 1.82) is 0 Å². The molecule has 1 heterocycles. The van der Waals surface area contributed by atoms with Crippen LogP contribution in [0.25, 0.3) is 0 Å². The molecule has 1 atom stereocenters. The van der Waals surface area contributed by atoms with Gasteiger partial charge in [-0.1, -0.05) is 37.7 Å². The third kappa shape index (κ3) is 4.87. The summed E-state index contributed by atoms with van der Waals surface area (Å²) in [6.07, 6.45) is 0.960. The van der Waals surface area contributed by atoms with E-state index in [2.05, 4.69) is 24.8 Å². The number of carbonyl (C=O) groups is 1. The third-order valence-electron chi connectivity index (χ3n) is 5.19. The fourth-order valence-electron chi connectivity index (χ4n) is 3.58. The number of fused-ring (bicyclic) bond motifs is 1. The molecule has 29 heavy (non-hydrogen) atoms. The van der Waals surface area contributed by atoms with Crippen LogP contribution < -0.4 is 14.4 Å². The second kappa shape index (κ2) is 10.0. The molecule has 0 radical (unpaired) electrons. The Bertz CT molecular complexity index is 839. The summed E-state index contributed by atoms with van der Waals surface area (Å²) in [7, 11) is 1.66. The second-order valence-corrected chi connectivity index (χ2v) is 8.08. The Morgan fingerprint density at radius 1 is 1.17 bits per heavy atom. The van der Waals surface area contributed by atoms with Crippen LogP contribution in [0.5, 0.6) is 11.5 Å². The number of ether oxygens (including phenoxy) is 2. The van der Waals surface area contributed by atoms with E-state index in [0.717, 1.165) is 53.7 Å². The SMILES string of the molecule is CCN(CC)CCCOc1ccc(OC)cc1C1Sc2ccccc2N1C(C)=O. The predicted molar refractivity (Wildman–Crippen MR) is 119 cm³/mol. The molecule has 2 aromatic rings. The number of nitrogens with zero attached hydrogens (tertiary/aromatic N) is 2. The Hall–Kier alpha value is -2.18. The van der Waals surface area contributed by atoms with Gasteiger partial charge in [0, 0.05) is 23.9 Å². The maximum atomic E-state index is 12.5. The average molecular weight is 415 g/mol. The first kappa shape index (κ1) is 21.5. The molecule has 1 aliphatic rings. The van der Waals surface area contributed by atoms with Gasteiger partial charge in [0.1, 0.15) is 16.9 Å². The lowest BCUT2D eigenvalue weighted by atomic mass is 10.1. The van der Waals surface area contributed by atoms with Gasteiger partial charge in [-0.2, -0.15) is 0 Å². The number of para-hydroxylation sites is 1. The number of hydrogen-bond donors (Lipinski definition) is 0. The van der Waals surface area contributed by atoms with E-state index in [1.165, 1.54) is 0 Å². The number of thioether (sulfide) groups is 1. The monoisotopic (exact) mass is 414 g/mol. The number of methoxy groups -OCH3 is 1. The Labute approximate surface area is 178 Å². The van der Waals surface area contributed by atoms with E-state index in [9.17, 15) is 4.79 Å². The van der Waals surface area contributed by atoms with Gasteiger partial charge in [-0.25, -0.2) is 0 Å². The Kier molecular flexibility index (Phi) is 7.45. The van der Waals surface area contributed by atoms with Crippen LogP contribution in [0.4, 0.5) is 5.69 Å². The van der Waals surface area contributed by atoms with Crippen molar-refractivity contribution >= 4 is 23.4 Å². The Balaban J connectivity index is 1.83. The van der Waals surface area contributed by atoms with Crippen LogP contribution in [0.1, 0.15) is 38.1 Å². The van der Waals surface area contributed by atoms with Crippen LogP contribution in [0, 0.1) is 0 Å². The first-order valence-corrected chi connectivity index (χ1v) is 11.1. The zero-order valence-corrected chi connectivity index (χ0v) is 18.5. The van der Waals surface area contributed by atoms with Crippen LogP contribution in [0.3, 0.4) is 0 Å². The molecule has 1 amide bonds. The minimum absolute atomic E-state index is 0.0164. The van der Waals surface area contributed by atoms with Crippen LogP contribution in [0.15, 0.2) is 47.4 Å². The molecule has 0 saturated heterocycles. The first-order valence-electron chi connectivity index (χ1n) is 10.2. The van der Waals surface area contributed by atoms with E-state index in [1.54, 1.807) is 25.8 Å². The molecule has 156 valence electrons. The zero-order valence-electron chi connectivity index (χ0n) is 17.7. The minimum Gasteiger partial charge on any atom is -0.497 e. The summed E-state index contributed by atoms with van der Waals surface area (Å²) >= 11 is 1.67. The van der Waals surface area contributed by atoms with Crippen LogP contribution in [0.2, 0.25) is 0 Å². The van der Waals surface area contributed by atoms with Gasteiger partial charge in [0.2, 0.25) is 5.91 Å². The van der Waals surface area contributed by atoms with Gasteiger partial charge < -0.3 is 14.4 Å². The maximum absolute atomic E-state index is 12.5. The topological polar surface area (TPSA) is 42.0 Å². The van der Waals surface area contributed by atoms with Crippen LogP contribution in [-0.2, 0) is 4.79 Å². The molecule has 0 aliphatic carbocycles. The van der Waals surface area contributed by atoms with Crippen molar-refractivity contribution in [1.82, 2.24) is 4.90 Å². The van der Waals surface area contributed by atoms with Crippen molar-refractivity contribution in [3.63, 3.8) is 0 Å². The fraction of sp³-hybridized carbons (Fsp3) is 0.435. The number of benzene rings is 2. The van der Waals surface area contributed by atoms with Crippen molar-refractivity contribution < 1.29 is 14.3 Å². The van der Waals surface area contributed by atoms with Crippen molar-refractivity contribution in [2.45, 2.75) is 37.5 Å². The summed E-state index contributed by atoms with van der Waals surface area (Å²) in [5.41, 5.74) is 1.91. The lowest BCUT2D eigenvalue weighted by Gasteiger charge is -2.26. The highest BCUT2D eigenvalue weighted by Crippen LogP contribution is 2.53. The summed E-state index contributed by atoms with van der Waals surface area (Å²) in [5.74, 6) is 1.58. The van der Waals surface area contributed by atoms with Gasteiger partial charge in [0.05, 0.1) is 19.4 Å². The number of hydrogen-bond acceptors (Lipinski definition) is 5. The van der Waals surface area contributed by atoms with E-state index in [4.69, 9.17) is 9.47 Å². The summed E-state index contributed by atoms with van der Waals surface area (Å²) in [5, 5.41) is -0.169. The molecule has 0 fully saturated rings. The molecule has 3 rings (SSSR count). The molecule has 0 spiro atoms. The van der Waals surface area contributed by atoms with Gasteiger partial charge in [-0.3, -0.25) is 9.69 Å². The van der Waals surface area contributed by atoms with Gasteiger partial charge in [-0.15, -0.1) is 0 Å². The molecular formula is C23H30N2O3S. The largest absolute Gasteiger partial charge is 0.497 e. The fourth-order valence-corrected chi connectivity index (χ4v) is 4.94. The molecule has 2 aromatic carbocycles. The Morgan fingerprint density at radius 2 is 1.93 bits per heavy atom. The van der Waals surface area contributed by atoms with E-state index < -0.39 is 0 Å². The van der Waals surface area contributed by atoms with Gasteiger partial charge in [-0.05, 0) is 49.8 Å². The highest BCUT2D eigenvalue weighted by atomic mass is 32.2. The molecule has 0 bridgehead atoms. The second-order valence-electron chi connectivity index (χ2n) is 6.96. The first-order chi connectivity index (χ1) is 14.1. The summed E-state index contributed by atoms with van der Waals surface area (Å²) in [4.78, 5) is 17.8. The Morgan fingerprint density at radius 3 is 2.62 bits per heavy atom.